The molecule has 2 fully saturated rings. The fourth-order valence-corrected chi connectivity index (χ4v) is 4.17. The summed E-state index contributed by atoms with van der Waals surface area (Å²) in [6.07, 6.45) is 5.40. The van der Waals surface area contributed by atoms with Gasteiger partial charge in [-0.3, -0.25) is 9.59 Å². The van der Waals surface area contributed by atoms with Gasteiger partial charge in [0.2, 0.25) is 5.56 Å². The highest BCUT2D eigenvalue weighted by Crippen LogP contribution is 2.47. The number of carbonyl (C=O) groups is 1. The molecule has 1 atom stereocenters. The Hall–Kier alpha value is -1.66. The Balaban J connectivity index is 1.83. The number of ether oxygens (including phenoxy) is 1. The maximum absolute atomic E-state index is 12.8. The molecular weight excluding hydrogens is 320 g/mol. The molecule has 2 aliphatic rings. The Labute approximate surface area is 148 Å². The third-order valence-corrected chi connectivity index (χ3v) is 5.89. The first-order valence-corrected chi connectivity index (χ1v) is 9.31. The summed E-state index contributed by atoms with van der Waals surface area (Å²) in [6, 6.07) is 3.01. The Morgan fingerprint density at radius 2 is 2.12 bits per heavy atom. The highest BCUT2D eigenvalue weighted by molar-refractivity contribution is 5.94. The average Bonchev–Trinajstić information content (AvgIpc) is 2.60. The molecule has 1 aliphatic carbocycles. The van der Waals surface area contributed by atoms with Gasteiger partial charge in [0.15, 0.2) is 0 Å². The quantitative estimate of drug-likeness (QED) is 0.729. The van der Waals surface area contributed by atoms with Gasteiger partial charge >= 0.3 is 0 Å². The van der Waals surface area contributed by atoms with Crippen LogP contribution < -0.4 is 10.9 Å². The summed E-state index contributed by atoms with van der Waals surface area (Å²) in [6.45, 7) is 3.42. The number of rotatable bonds is 6. The zero-order chi connectivity index (χ0) is 17.9. The highest BCUT2D eigenvalue weighted by Gasteiger charge is 2.47. The molecule has 1 saturated carbocycles. The van der Waals surface area contributed by atoms with E-state index in [4.69, 9.17) is 4.74 Å². The molecule has 6 heteroatoms. The van der Waals surface area contributed by atoms with Gasteiger partial charge in [0.25, 0.3) is 5.91 Å². The SMILES string of the molecule is CCc1cc(C(=O)NC(C2CCOCC2)C2(CO)CCC2)cc(=O)[nH]1. The van der Waals surface area contributed by atoms with Crippen molar-refractivity contribution in [2.24, 2.45) is 11.3 Å². The van der Waals surface area contributed by atoms with Gasteiger partial charge in [-0.25, -0.2) is 0 Å². The standard InChI is InChI=1S/C19H28N2O4/c1-2-15-10-14(11-16(23)20-15)18(24)21-17(13-4-8-25-9-5-13)19(12-22)6-3-7-19/h10-11,13,17,22H,2-9,12H2,1H3,(H,20,23)(H,21,24). The van der Waals surface area contributed by atoms with Gasteiger partial charge < -0.3 is 20.1 Å². The van der Waals surface area contributed by atoms with E-state index in [0.717, 1.165) is 37.8 Å². The number of aromatic nitrogens is 1. The van der Waals surface area contributed by atoms with Crippen LogP contribution in [0.5, 0.6) is 0 Å². The van der Waals surface area contributed by atoms with E-state index < -0.39 is 0 Å². The summed E-state index contributed by atoms with van der Waals surface area (Å²) in [4.78, 5) is 27.4. The minimum Gasteiger partial charge on any atom is -0.396 e. The zero-order valence-electron chi connectivity index (χ0n) is 14.8. The third kappa shape index (κ3) is 3.80. The van der Waals surface area contributed by atoms with Crippen LogP contribution in [-0.2, 0) is 11.2 Å². The first-order chi connectivity index (χ1) is 12.1. The van der Waals surface area contributed by atoms with E-state index in [1.807, 2.05) is 6.92 Å². The predicted molar refractivity (Wildman–Crippen MR) is 94.6 cm³/mol. The Morgan fingerprint density at radius 1 is 1.40 bits per heavy atom. The Bertz CT molecular complexity index is 654. The number of aryl methyl sites for hydroxylation is 1. The highest BCUT2D eigenvalue weighted by atomic mass is 16.5. The first-order valence-electron chi connectivity index (χ1n) is 9.31. The number of H-pyrrole nitrogens is 1. The Morgan fingerprint density at radius 3 is 2.68 bits per heavy atom. The zero-order valence-corrected chi connectivity index (χ0v) is 14.8. The largest absolute Gasteiger partial charge is 0.396 e. The number of hydrogen-bond acceptors (Lipinski definition) is 4. The van der Waals surface area contributed by atoms with Gasteiger partial charge in [-0.1, -0.05) is 13.3 Å². The van der Waals surface area contributed by atoms with Gasteiger partial charge in [0, 0.05) is 42.0 Å². The second-order valence-electron chi connectivity index (χ2n) is 7.39. The van der Waals surface area contributed by atoms with Crippen molar-refractivity contribution in [3.8, 4) is 0 Å². The molecule has 0 aromatic carbocycles. The molecule has 1 saturated heterocycles. The van der Waals surface area contributed by atoms with Crippen molar-refractivity contribution in [1.82, 2.24) is 10.3 Å². The molecule has 0 spiro atoms. The number of amides is 1. The Kier molecular flexibility index (Phi) is 5.59. The van der Waals surface area contributed by atoms with Crippen LogP contribution in [0.15, 0.2) is 16.9 Å². The summed E-state index contributed by atoms with van der Waals surface area (Å²) in [5.74, 6) is 0.0785. The molecule has 1 unspecified atom stereocenters. The second kappa shape index (κ2) is 7.70. The lowest BCUT2D eigenvalue weighted by molar-refractivity contribution is -0.0379. The molecule has 2 heterocycles. The second-order valence-corrected chi connectivity index (χ2v) is 7.39. The molecular formula is C19H28N2O4. The fourth-order valence-electron chi connectivity index (χ4n) is 4.17. The number of hydrogen-bond donors (Lipinski definition) is 3. The average molecular weight is 348 g/mol. The van der Waals surface area contributed by atoms with E-state index in [1.165, 1.54) is 6.07 Å². The number of aliphatic hydroxyl groups excluding tert-OH is 1. The van der Waals surface area contributed by atoms with E-state index in [9.17, 15) is 14.7 Å². The molecule has 1 aromatic rings. The fraction of sp³-hybridized carbons (Fsp3) is 0.684. The summed E-state index contributed by atoms with van der Waals surface area (Å²) < 4.78 is 5.46. The van der Waals surface area contributed by atoms with E-state index in [2.05, 4.69) is 10.3 Å². The lowest BCUT2D eigenvalue weighted by Crippen LogP contribution is -2.57. The summed E-state index contributed by atoms with van der Waals surface area (Å²) in [5.41, 5.74) is 0.658. The van der Waals surface area contributed by atoms with Crippen LogP contribution >= 0.6 is 0 Å². The molecule has 1 aliphatic heterocycles. The van der Waals surface area contributed by atoms with Gasteiger partial charge in [-0.15, -0.1) is 0 Å². The van der Waals surface area contributed by atoms with Crippen LogP contribution in [0.2, 0.25) is 0 Å². The minimum absolute atomic E-state index is 0.0768. The number of pyridine rings is 1. The summed E-state index contributed by atoms with van der Waals surface area (Å²) >= 11 is 0. The normalized spacial score (nSPS) is 21.4. The lowest BCUT2D eigenvalue weighted by Gasteiger charge is -2.50. The van der Waals surface area contributed by atoms with Gasteiger partial charge in [0.05, 0.1) is 6.61 Å². The number of aromatic amines is 1. The van der Waals surface area contributed by atoms with Crippen LogP contribution in [0.4, 0.5) is 0 Å². The van der Waals surface area contributed by atoms with Crippen molar-refractivity contribution < 1.29 is 14.6 Å². The number of carbonyl (C=O) groups excluding carboxylic acids is 1. The monoisotopic (exact) mass is 348 g/mol. The maximum Gasteiger partial charge on any atom is 0.251 e. The van der Waals surface area contributed by atoms with Crippen molar-refractivity contribution >= 4 is 5.91 Å². The van der Waals surface area contributed by atoms with Crippen molar-refractivity contribution in [2.75, 3.05) is 19.8 Å². The van der Waals surface area contributed by atoms with Crippen LogP contribution in [0.25, 0.3) is 0 Å². The molecule has 0 bridgehead atoms. The number of aliphatic hydroxyl groups is 1. The minimum atomic E-state index is -0.257. The molecule has 25 heavy (non-hydrogen) atoms. The van der Waals surface area contributed by atoms with Crippen molar-refractivity contribution in [2.45, 2.75) is 51.5 Å². The molecule has 1 amide bonds. The molecule has 138 valence electrons. The molecule has 1 aromatic heterocycles. The molecule has 6 nitrogen and oxygen atoms in total. The van der Waals surface area contributed by atoms with E-state index >= 15 is 0 Å². The summed E-state index contributed by atoms with van der Waals surface area (Å²) in [5, 5.41) is 13.2. The lowest BCUT2D eigenvalue weighted by atomic mass is 9.60. The molecule has 0 radical (unpaired) electrons. The van der Waals surface area contributed by atoms with Gasteiger partial charge in [-0.05, 0) is 44.1 Å². The topological polar surface area (TPSA) is 91.4 Å². The summed E-state index contributed by atoms with van der Waals surface area (Å²) in [7, 11) is 0. The van der Waals surface area contributed by atoms with Gasteiger partial charge in [0.1, 0.15) is 0 Å². The number of nitrogens with one attached hydrogen (secondary N) is 2. The molecule has 3 rings (SSSR count). The van der Waals surface area contributed by atoms with E-state index in [-0.39, 0.29) is 29.5 Å². The van der Waals surface area contributed by atoms with Gasteiger partial charge in [-0.2, -0.15) is 0 Å². The smallest absolute Gasteiger partial charge is 0.251 e. The maximum atomic E-state index is 12.8. The van der Waals surface area contributed by atoms with Crippen molar-refractivity contribution in [3.63, 3.8) is 0 Å². The van der Waals surface area contributed by atoms with E-state index in [1.54, 1.807) is 6.07 Å². The van der Waals surface area contributed by atoms with Crippen LogP contribution in [0.3, 0.4) is 0 Å². The third-order valence-electron chi connectivity index (χ3n) is 5.89. The first kappa shape index (κ1) is 18.1. The van der Waals surface area contributed by atoms with Crippen LogP contribution in [-0.4, -0.2) is 41.9 Å². The van der Waals surface area contributed by atoms with Crippen LogP contribution in [0, 0.1) is 11.3 Å². The van der Waals surface area contributed by atoms with Crippen LogP contribution in [0.1, 0.15) is 55.1 Å². The predicted octanol–water partition coefficient (Wildman–Crippen LogP) is 1.62. The van der Waals surface area contributed by atoms with E-state index in [0.29, 0.717) is 31.1 Å². The van der Waals surface area contributed by atoms with Crippen molar-refractivity contribution in [3.05, 3.63) is 33.7 Å². The van der Waals surface area contributed by atoms with Crippen molar-refractivity contribution in [1.29, 1.82) is 0 Å². The molecule has 3 N–H and O–H groups in total.